The Morgan fingerprint density at radius 3 is 2.65 bits per heavy atom. The predicted octanol–water partition coefficient (Wildman–Crippen LogP) is 1.99. The van der Waals surface area contributed by atoms with Crippen LogP contribution in [0.4, 0.5) is 0 Å². The van der Waals surface area contributed by atoms with Crippen molar-refractivity contribution in [3.63, 3.8) is 0 Å². The van der Waals surface area contributed by atoms with Crippen LogP contribution in [0.2, 0.25) is 0 Å². The van der Waals surface area contributed by atoms with E-state index in [4.69, 9.17) is 9.63 Å². The van der Waals surface area contributed by atoms with Gasteiger partial charge in [0.05, 0.1) is 12.3 Å². The third kappa shape index (κ3) is 3.39. The average Bonchev–Trinajstić information content (AvgIpc) is 3.05. The topological polar surface area (TPSA) is 66.6 Å². The lowest BCUT2D eigenvalue weighted by Gasteiger charge is -2.28. The van der Waals surface area contributed by atoms with Crippen molar-refractivity contribution in [2.45, 2.75) is 58.4 Å². The van der Waals surface area contributed by atoms with Crippen molar-refractivity contribution < 1.29 is 14.4 Å². The van der Waals surface area contributed by atoms with Gasteiger partial charge in [0, 0.05) is 24.6 Å². The van der Waals surface area contributed by atoms with Gasteiger partial charge in [-0.15, -0.1) is 0 Å². The maximum atomic E-state index is 12.4. The normalized spacial score (nSPS) is 15.8. The molecule has 0 aliphatic heterocycles. The van der Waals surface area contributed by atoms with Gasteiger partial charge in [-0.25, -0.2) is 0 Å². The molecule has 1 fully saturated rings. The van der Waals surface area contributed by atoms with Gasteiger partial charge in [0.2, 0.25) is 5.91 Å². The van der Waals surface area contributed by atoms with Gasteiger partial charge < -0.3 is 14.5 Å². The molecule has 0 unspecified atom stereocenters. The number of nitrogens with zero attached hydrogens (tertiary/aromatic N) is 2. The monoisotopic (exact) mass is 280 g/mol. The van der Waals surface area contributed by atoms with Crippen molar-refractivity contribution >= 4 is 5.91 Å². The molecule has 1 aliphatic rings. The van der Waals surface area contributed by atoms with Crippen LogP contribution in [0.15, 0.2) is 4.52 Å². The highest BCUT2D eigenvalue weighted by Gasteiger charge is 2.26. The van der Waals surface area contributed by atoms with Crippen LogP contribution in [0.5, 0.6) is 0 Å². The van der Waals surface area contributed by atoms with Gasteiger partial charge in [-0.05, 0) is 33.1 Å². The number of hydrogen-bond donors (Lipinski definition) is 1. The molecule has 0 spiro atoms. The Bertz CT molecular complexity index is 430. The second kappa shape index (κ2) is 6.88. The smallest absolute Gasteiger partial charge is 0.223 e. The number of aryl methyl sites for hydroxylation is 2. The van der Waals surface area contributed by atoms with Crippen molar-refractivity contribution in [1.29, 1.82) is 0 Å². The second-order valence-corrected chi connectivity index (χ2v) is 5.55. The van der Waals surface area contributed by atoms with E-state index in [0.717, 1.165) is 29.9 Å². The Morgan fingerprint density at radius 1 is 1.40 bits per heavy atom. The molecule has 0 atom stereocenters. The van der Waals surface area contributed by atoms with E-state index in [2.05, 4.69) is 5.16 Å². The zero-order valence-electron chi connectivity index (χ0n) is 12.4. The summed E-state index contributed by atoms with van der Waals surface area (Å²) in [4.78, 5) is 14.3. The van der Waals surface area contributed by atoms with E-state index in [1.807, 2.05) is 18.7 Å². The van der Waals surface area contributed by atoms with E-state index in [9.17, 15) is 4.79 Å². The fraction of sp³-hybridized carbons (Fsp3) is 0.733. The molecule has 112 valence electrons. The molecule has 0 saturated heterocycles. The molecule has 0 radical (unpaired) electrons. The number of carbonyl (C=O) groups excluding carboxylic acids is 1. The minimum absolute atomic E-state index is 0.0353. The molecule has 1 aromatic rings. The first-order valence-corrected chi connectivity index (χ1v) is 7.45. The van der Waals surface area contributed by atoms with Gasteiger partial charge >= 0.3 is 0 Å². The number of carbonyl (C=O) groups is 1. The first-order valence-electron chi connectivity index (χ1n) is 7.45. The number of hydrogen-bond acceptors (Lipinski definition) is 4. The predicted molar refractivity (Wildman–Crippen MR) is 75.4 cm³/mol. The van der Waals surface area contributed by atoms with E-state index in [-0.39, 0.29) is 12.5 Å². The largest absolute Gasteiger partial charge is 0.395 e. The molecular formula is C15H24N2O3. The maximum absolute atomic E-state index is 12.4. The number of aliphatic hydroxyl groups is 1. The molecule has 1 aromatic heterocycles. The molecule has 1 heterocycles. The second-order valence-electron chi connectivity index (χ2n) is 5.55. The van der Waals surface area contributed by atoms with Crippen molar-refractivity contribution in [2.24, 2.45) is 0 Å². The summed E-state index contributed by atoms with van der Waals surface area (Å²) in [6, 6.07) is 0.319. The van der Waals surface area contributed by atoms with Crippen molar-refractivity contribution in [3.8, 4) is 0 Å². The highest BCUT2D eigenvalue weighted by atomic mass is 16.5. The SMILES string of the molecule is Cc1noc(C)c1CCC(=O)N(CCO)C1CCCC1. The zero-order chi connectivity index (χ0) is 14.5. The Morgan fingerprint density at radius 2 is 2.10 bits per heavy atom. The van der Waals surface area contributed by atoms with E-state index < -0.39 is 0 Å². The van der Waals surface area contributed by atoms with Crippen LogP contribution < -0.4 is 0 Å². The highest BCUT2D eigenvalue weighted by molar-refractivity contribution is 5.77. The van der Waals surface area contributed by atoms with Crippen molar-refractivity contribution in [1.82, 2.24) is 10.1 Å². The van der Waals surface area contributed by atoms with Gasteiger partial charge in [0.15, 0.2) is 0 Å². The van der Waals surface area contributed by atoms with E-state index in [1.165, 1.54) is 12.8 Å². The number of amides is 1. The first kappa shape index (κ1) is 15.0. The summed E-state index contributed by atoms with van der Waals surface area (Å²) in [6.45, 7) is 4.26. The molecule has 5 heteroatoms. The quantitative estimate of drug-likeness (QED) is 0.865. The number of rotatable bonds is 6. The third-order valence-corrected chi connectivity index (χ3v) is 4.20. The molecule has 0 bridgehead atoms. The molecule has 20 heavy (non-hydrogen) atoms. The van der Waals surface area contributed by atoms with Crippen molar-refractivity contribution in [2.75, 3.05) is 13.2 Å². The fourth-order valence-corrected chi connectivity index (χ4v) is 3.07. The Balaban J connectivity index is 1.94. The molecule has 0 aromatic carbocycles. The van der Waals surface area contributed by atoms with Gasteiger partial charge in [0.25, 0.3) is 0 Å². The summed E-state index contributed by atoms with van der Waals surface area (Å²) in [5, 5.41) is 13.1. The lowest BCUT2D eigenvalue weighted by atomic mass is 10.1. The average molecular weight is 280 g/mol. The number of aromatic nitrogens is 1. The van der Waals surface area contributed by atoms with Gasteiger partial charge in [-0.1, -0.05) is 18.0 Å². The van der Waals surface area contributed by atoms with E-state index in [0.29, 0.717) is 25.4 Å². The van der Waals surface area contributed by atoms with Crippen LogP contribution >= 0.6 is 0 Å². The van der Waals surface area contributed by atoms with Crippen LogP contribution in [0.25, 0.3) is 0 Å². The lowest BCUT2D eigenvalue weighted by Crippen LogP contribution is -2.40. The van der Waals surface area contributed by atoms with Crippen LogP contribution in [0.1, 0.15) is 49.1 Å². The van der Waals surface area contributed by atoms with Crippen LogP contribution in [-0.4, -0.2) is 40.3 Å². The zero-order valence-corrected chi connectivity index (χ0v) is 12.4. The molecule has 5 nitrogen and oxygen atoms in total. The molecular weight excluding hydrogens is 256 g/mol. The molecule has 1 N–H and O–H groups in total. The summed E-state index contributed by atoms with van der Waals surface area (Å²) in [6.07, 6.45) is 5.62. The first-order chi connectivity index (χ1) is 9.63. The van der Waals surface area contributed by atoms with E-state index in [1.54, 1.807) is 0 Å². The summed E-state index contributed by atoms with van der Waals surface area (Å²) >= 11 is 0. The summed E-state index contributed by atoms with van der Waals surface area (Å²) < 4.78 is 5.12. The Kier molecular flexibility index (Phi) is 5.17. The van der Waals surface area contributed by atoms with E-state index >= 15 is 0 Å². The minimum atomic E-state index is 0.0353. The van der Waals surface area contributed by atoms with Gasteiger partial charge in [-0.2, -0.15) is 0 Å². The lowest BCUT2D eigenvalue weighted by molar-refractivity contribution is -0.134. The minimum Gasteiger partial charge on any atom is -0.395 e. The standard InChI is InChI=1S/C15H24N2O3/c1-11-14(12(2)20-16-11)7-8-15(19)17(9-10-18)13-5-3-4-6-13/h13,18H,3-10H2,1-2H3. The summed E-state index contributed by atoms with van der Waals surface area (Å²) in [5.41, 5.74) is 1.90. The van der Waals surface area contributed by atoms with Crippen LogP contribution in [-0.2, 0) is 11.2 Å². The molecule has 1 amide bonds. The number of aliphatic hydroxyl groups excluding tert-OH is 1. The van der Waals surface area contributed by atoms with Crippen LogP contribution in [0, 0.1) is 13.8 Å². The third-order valence-electron chi connectivity index (χ3n) is 4.20. The highest BCUT2D eigenvalue weighted by Crippen LogP contribution is 2.24. The fourth-order valence-electron chi connectivity index (χ4n) is 3.07. The maximum Gasteiger partial charge on any atom is 0.223 e. The Hall–Kier alpha value is -1.36. The Labute approximate surface area is 119 Å². The summed E-state index contributed by atoms with van der Waals surface area (Å²) in [7, 11) is 0. The van der Waals surface area contributed by atoms with Crippen molar-refractivity contribution in [3.05, 3.63) is 17.0 Å². The van der Waals surface area contributed by atoms with Crippen LogP contribution in [0.3, 0.4) is 0 Å². The molecule has 1 aliphatic carbocycles. The summed E-state index contributed by atoms with van der Waals surface area (Å²) in [5.74, 6) is 0.927. The van der Waals surface area contributed by atoms with Gasteiger partial charge in [0.1, 0.15) is 5.76 Å². The van der Waals surface area contributed by atoms with Gasteiger partial charge in [-0.3, -0.25) is 4.79 Å². The molecule has 1 saturated carbocycles. The molecule has 2 rings (SSSR count).